The number of H-pyrrole nitrogens is 1. The Morgan fingerprint density at radius 2 is 2.09 bits per heavy atom. The van der Waals surface area contributed by atoms with Crippen molar-refractivity contribution < 1.29 is 14.3 Å². The number of nitrogens with zero attached hydrogens (tertiary/aromatic N) is 3. The molecule has 172 valence electrons. The highest BCUT2D eigenvalue weighted by molar-refractivity contribution is 5.85. The number of benzene rings is 1. The summed E-state index contributed by atoms with van der Waals surface area (Å²) in [6.07, 6.45) is 5.43. The second kappa shape index (κ2) is 8.83. The first-order valence-electron chi connectivity index (χ1n) is 11.8. The van der Waals surface area contributed by atoms with Crippen LogP contribution in [0.25, 0.3) is 11.0 Å². The predicted molar refractivity (Wildman–Crippen MR) is 121 cm³/mol. The van der Waals surface area contributed by atoms with Gasteiger partial charge in [-0.25, -0.2) is 4.98 Å². The van der Waals surface area contributed by atoms with Crippen molar-refractivity contribution in [1.29, 1.82) is 0 Å². The second-order valence-corrected chi connectivity index (χ2v) is 9.60. The van der Waals surface area contributed by atoms with Crippen LogP contribution in [0.4, 0.5) is 0 Å². The van der Waals surface area contributed by atoms with E-state index < -0.39 is 5.41 Å². The highest BCUT2D eigenvalue weighted by atomic mass is 16.5. The van der Waals surface area contributed by atoms with Crippen LogP contribution in [0.15, 0.2) is 24.5 Å². The third kappa shape index (κ3) is 4.01. The van der Waals surface area contributed by atoms with Crippen LogP contribution in [0.5, 0.6) is 0 Å². The lowest BCUT2D eigenvalue weighted by molar-refractivity contribution is -0.150. The maximum absolute atomic E-state index is 13.7. The van der Waals surface area contributed by atoms with E-state index in [1.165, 1.54) is 0 Å². The highest BCUT2D eigenvalue weighted by Crippen LogP contribution is 2.48. The number of carbonyl (C=O) groups excluding carboxylic acids is 2. The minimum Gasteiger partial charge on any atom is -0.379 e. The number of piperidine rings is 1. The zero-order valence-corrected chi connectivity index (χ0v) is 18.8. The first-order valence-corrected chi connectivity index (χ1v) is 11.8. The Kier molecular flexibility index (Phi) is 5.90. The van der Waals surface area contributed by atoms with Gasteiger partial charge in [0.15, 0.2) is 0 Å². The topological polar surface area (TPSA) is 90.6 Å². The molecule has 0 radical (unpaired) electrons. The number of morpholine rings is 1. The van der Waals surface area contributed by atoms with Gasteiger partial charge in [0.05, 0.1) is 36.0 Å². The molecule has 2 saturated heterocycles. The molecule has 0 bridgehead atoms. The van der Waals surface area contributed by atoms with Crippen LogP contribution < -0.4 is 5.32 Å². The van der Waals surface area contributed by atoms with Gasteiger partial charge in [0.1, 0.15) is 0 Å². The molecule has 0 spiro atoms. The number of amides is 2. The van der Waals surface area contributed by atoms with Gasteiger partial charge in [0, 0.05) is 45.7 Å². The lowest BCUT2D eigenvalue weighted by atomic mass is 9.61. The van der Waals surface area contributed by atoms with E-state index in [1.54, 1.807) is 13.3 Å². The Morgan fingerprint density at radius 3 is 2.91 bits per heavy atom. The highest BCUT2D eigenvalue weighted by Gasteiger charge is 2.53. The molecule has 1 aliphatic carbocycles. The van der Waals surface area contributed by atoms with Crippen LogP contribution in [-0.4, -0.2) is 77.0 Å². The van der Waals surface area contributed by atoms with Crippen molar-refractivity contribution in [3.05, 3.63) is 30.1 Å². The van der Waals surface area contributed by atoms with Gasteiger partial charge in [-0.2, -0.15) is 0 Å². The molecule has 2 aliphatic heterocycles. The van der Waals surface area contributed by atoms with Crippen molar-refractivity contribution in [2.45, 2.75) is 45.2 Å². The minimum atomic E-state index is -0.495. The molecule has 2 N–H and O–H groups in total. The van der Waals surface area contributed by atoms with E-state index in [-0.39, 0.29) is 11.8 Å². The molecule has 1 aromatic carbocycles. The van der Waals surface area contributed by atoms with Crippen LogP contribution in [0.3, 0.4) is 0 Å². The summed E-state index contributed by atoms with van der Waals surface area (Å²) >= 11 is 0. The van der Waals surface area contributed by atoms with E-state index in [0.29, 0.717) is 25.0 Å². The Bertz CT molecular complexity index is 985. The summed E-state index contributed by atoms with van der Waals surface area (Å²) in [5.41, 5.74) is 2.44. The zero-order chi connectivity index (χ0) is 22.1. The van der Waals surface area contributed by atoms with E-state index in [1.807, 2.05) is 23.1 Å². The van der Waals surface area contributed by atoms with E-state index in [4.69, 9.17) is 4.74 Å². The number of carbonyl (C=O) groups is 2. The first kappa shape index (κ1) is 21.4. The molecule has 5 rings (SSSR count). The monoisotopic (exact) mass is 439 g/mol. The third-order valence-electron chi connectivity index (χ3n) is 7.88. The summed E-state index contributed by atoms with van der Waals surface area (Å²) in [5, 5.41) is 3.22. The number of aromatic nitrogens is 2. The van der Waals surface area contributed by atoms with Crippen LogP contribution in [0.1, 0.15) is 38.2 Å². The van der Waals surface area contributed by atoms with Gasteiger partial charge in [0.25, 0.3) is 0 Å². The summed E-state index contributed by atoms with van der Waals surface area (Å²) in [4.78, 5) is 37.7. The van der Waals surface area contributed by atoms with Crippen molar-refractivity contribution in [1.82, 2.24) is 25.1 Å². The average molecular weight is 440 g/mol. The van der Waals surface area contributed by atoms with Crippen LogP contribution in [-0.2, 0) is 20.9 Å². The van der Waals surface area contributed by atoms with Gasteiger partial charge < -0.3 is 19.9 Å². The van der Waals surface area contributed by atoms with E-state index in [0.717, 1.165) is 75.1 Å². The third-order valence-corrected chi connectivity index (χ3v) is 7.88. The molecule has 8 nitrogen and oxygen atoms in total. The smallest absolute Gasteiger partial charge is 0.228 e. The summed E-state index contributed by atoms with van der Waals surface area (Å²) in [6.45, 7) is 6.94. The molecule has 1 saturated carbocycles. The lowest BCUT2D eigenvalue weighted by Gasteiger charge is -2.53. The number of likely N-dealkylation sites (tertiary alicyclic amines) is 1. The van der Waals surface area contributed by atoms with Crippen molar-refractivity contribution in [2.24, 2.45) is 11.3 Å². The van der Waals surface area contributed by atoms with Gasteiger partial charge in [-0.15, -0.1) is 0 Å². The minimum absolute atomic E-state index is 0.0654. The Morgan fingerprint density at radius 1 is 1.25 bits per heavy atom. The Labute approximate surface area is 188 Å². The molecule has 3 aliphatic rings. The molecule has 3 fully saturated rings. The molecular weight excluding hydrogens is 406 g/mol. The Hall–Kier alpha value is -2.45. The lowest BCUT2D eigenvalue weighted by Crippen LogP contribution is -2.61. The van der Waals surface area contributed by atoms with E-state index in [2.05, 4.69) is 20.2 Å². The molecule has 3 atom stereocenters. The van der Waals surface area contributed by atoms with Crippen molar-refractivity contribution in [3.63, 3.8) is 0 Å². The van der Waals surface area contributed by atoms with Gasteiger partial charge in [-0.1, -0.05) is 6.07 Å². The number of hydrogen-bond acceptors (Lipinski definition) is 5. The fourth-order valence-corrected chi connectivity index (χ4v) is 6.00. The van der Waals surface area contributed by atoms with Gasteiger partial charge in [-0.05, 0) is 49.3 Å². The molecule has 32 heavy (non-hydrogen) atoms. The second-order valence-electron chi connectivity index (χ2n) is 9.60. The van der Waals surface area contributed by atoms with Gasteiger partial charge in [0.2, 0.25) is 11.8 Å². The predicted octanol–water partition coefficient (Wildman–Crippen LogP) is 1.92. The first-order chi connectivity index (χ1) is 15.5. The SMILES string of the molecule is CC(=O)N1CC[C@@H]2C[C@@H](N3CCOCC3)CC[C@@]2(C(=O)NCc2ccc3nc[nH]c3c2)C1. The average Bonchev–Trinajstić information content (AvgIpc) is 3.30. The van der Waals surface area contributed by atoms with Crippen molar-refractivity contribution >= 4 is 22.8 Å². The number of ether oxygens (including phenoxy) is 1. The summed E-state index contributed by atoms with van der Waals surface area (Å²) in [6, 6.07) is 6.53. The fraction of sp³-hybridized carbons (Fsp3) is 0.625. The summed E-state index contributed by atoms with van der Waals surface area (Å²) < 4.78 is 5.54. The maximum Gasteiger partial charge on any atom is 0.228 e. The molecule has 8 heteroatoms. The number of rotatable bonds is 4. The molecular formula is C24H33N5O3. The molecule has 3 heterocycles. The quantitative estimate of drug-likeness (QED) is 0.760. The molecule has 2 amide bonds. The summed E-state index contributed by atoms with van der Waals surface area (Å²) in [5.74, 6) is 0.462. The Balaban J connectivity index is 1.32. The molecule has 2 aromatic rings. The fourth-order valence-electron chi connectivity index (χ4n) is 6.00. The number of hydrogen-bond donors (Lipinski definition) is 2. The standard InChI is InChI=1S/C24H33N5O3/c1-17(30)29-7-5-19-13-20(28-8-10-32-11-9-28)4-6-24(19,15-29)23(31)25-14-18-2-3-21-22(12-18)27-16-26-21/h2-3,12,16,19-20H,4-11,13-15H2,1H3,(H,25,31)(H,26,27)/t19-,20+,24-/m1/s1. The van der Waals surface area contributed by atoms with Gasteiger partial charge >= 0.3 is 0 Å². The van der Waals surface area contributed by atoms with E-state index >= 15 is 0 Å². The summed E-state index contributed by atoms with van der Waals surface area (Å²) in [7, 11) is 0. The number of aromatic amines is 1. The van der Waals surface area contributed by atoms with Crippen LogP contribution in [0.2, 0.25) is 0 Å². The van der Waals surface area contributed by atoms with Gasteiger partial charge in [-0.3, -0.25) is 14.5 Å². The van der Waals surface area contributed by atoms with Crippen molar-refractivity contribution in [3.8, 4) is 0 Å². The zero-order valence-electron chi connectivity index (χ0n) is 18.8. The van der Waals surface area contributed by atoms with Crippen LogP contribution in [0, 0.1) is 11.3 Å². The number of fused-ring (bicyclic) bond motifs is 2. The normalized spacial score (nSPS) is 29.0. The maximum atomic E-state index is 13.7. The van der Waals surface area contributed by atoms with Crippen LogP contribution >= 0.6 is 0 Å². The molecule has 1 aromatic heterocycles. The number of imidazole rings is 1. The van der Waals surface area contributed by atoms with Crippen molar-refractivity contribution in [2.75, 3.05) is 39.4 Å². The number of nitrogens with one attached hydrogen (secondary N) is 2. The largest absolute Gasteiger partial charge is 0.379 e. The van der Waals surface area contributed by atoms with E-state index in [9.17, 15) is 9.59 Å². The molecule has 0 unspecified atom stereocenters.